The summed E-state index contributed by atoms with van der Waals surface area (Å²) in [5.41, 5.74) is 7.23. The number of nitrogens with two attached hydrogens (primary N) is 1. The van der Waals surface area contributed by atoms with E-state index >= 15 is 0 Å². The molecule has 0 fully saturated rings. The van der Waals surface area contributed by atoms with Crippen molar-refractivity contribution < 1.29 is 9.94 Å². The molecule has 6 heteroatoms. The second kappa shape index (κ2) is 5.90. The van der Waals surface area contributed by atoms with Crippen LogP contribution in [0, 0.1) is 6.92 Å². The molecule has 0 radical (unpaired) electrons. The molecular formula is C13H16N4O2. The van der Waals surface area contributed by atoms with Crippen LogP contribution in [-0.4, -0.2) is 27.4 Å². The van der Waals surface area contributed by atoms with Gasteiger partial charge in [-0.25, -0.2) is 0 Å². The highest BCUT2D eigenvalue weighted by Gasteiger charge is 2.01. The SMILES string of the molecule is Cc1ccnn1CCOc1ccc(C(N)=NO)cc1. The molecule has 0 atom stereocenters. The fourth-order valence-electron chi connectivity index (χ4n) is 1.66. The van der Waals surface area contributed by atoms with Gasteiger partial charge < -0.3 is 15.7 Å². The van der Waals surface area contributed by atoms with Gasteiger partial charge in [0.25, 0.3) is 0 Å². The van der Waals surface area contributed by atoms with Crippen molar-refractivity contribution in [3.05, 3.63) is 47.8 Å². The highest BCUT2D eigenvalue weighted by molar-refractivity contribution is 5.97. The molecule has 2 rings (SSSR count). The van der Waals surface area contributed by atoms with Crippen LogP contribution < -0.4 is 10.5 Å². The Morgan fingerprint density at radius 1 is 1.37 bits per heavy atom. The molecule has 1 aromatic carbocycles. The average molecular weight is 260 g/mol. The number of nitrogens with zero attached hydrogens (tertiary/aromatic N) is 3. The molecule has 0 bridgehead atoms. The summed E-state index contributed by atoms with van der Waals surface area (Å²) >= 11 is 0. The minimum atomic E-state index is 0.0821. The Hall–Kier alpha value is -2.50. The molecule has 3 N–H and O–H groups in total. The Morgan fingerprint density at radius 2 is 2.11 bits per heavy atom. The minimum Gasteiger partial charge on any atom is -0.492 e. The van der Waals surface area contributed by atoms with E-state index in [9.17, 15) is 0 Å². The quantitative estimate of drug-likeness (QED) is 0.368. The molecule has 0 aliphatic carbocycles. The van der Waals surface area contributed by atoms with E-state index in [-0.39, 0.29) is 5.84 Å². The van der Waals surface area contributed by atoms with Crippen LogP contribution in [0.5, 0.6) is 5.75 Å². The largest absolute Gasteiger partial charge is 0.492 e. The van der Waals surface area contributed by atoms with Crippen LogP contribution in [0.2, 0.25) is 0 Å². The van der Waals surface area contributed by atoms with E-state index in [2.05, 4.69) is 10.3 Å². The molecule has 0 amide bonds. The van der Waals surface area contributed by atoms with Gasteiger partial charge in [0.15, 0.2) is 5.84 Å². The Labute approximate surface area is 111 Å². The maximum Gasteiger partial charge on any atom is 0.170 e. The summed E-state index contributed by atoms with van der Waals surface area (Å²) in [6, 6.07) is 8.99. The number of aromatic nitrogens is 2. The Bertz CT molecular complexity index is 560. The van der Waals surface area contributed by atoms with Gasteiger partial charge in [0.1, 0.15) is 12.4 Å². The zero-order chi connectivity index (χ0) is 13.7. The van der Waals surface area contributed by atoms with E-state index in [1.807, 2.05) is 17.7 Å². The number of amidine groups is 1. The zero-order valence-electron chi connectivity index (χ0n) is 10.7. The maximum absolute atomic E-state index is 8.55. The first-order chi connectivity index (χ1) is 9.20. The van der Waals surface area contributed by atoms with Crippen LogP contribution >= 0.6 is 0 Å². The van der Waals surface area contributed by atoms with Gasteiger partial charge in [0.05, 0.1) is 6.54 Å². The summed E-state index contributed by atoms with van der Waals surface area (Å²) in [5.74, 6) is 0.818. The van der Waals surface area contributed by atoms with Crippen molar-refractivity contribution in [3.8, 4) is 5.75 Å². The summed E-state index contributed by atoms with van der Waals surface area (Å²) < 4.78 is 7.48. The fraction of sp³-hybridized carbons (Fsp3) is 0.231. The first-order valence-corrected chi connectivity index (χ1v) is 5.90. The molecule has 0 unspecified atom stereocenters. The summed E-state index contributed by atoms with van der Waals surface area (Å²) in [6.07, 6.45) is 1.77. The zero-order valence-corrected chi connectivity index (χ0v) is 10.7. The van der Waals surface area contributed by atoms with Crippen molar-refractivity contribution in [2.75, 3.05) is 6.61 Å². The second-order valence-electron chi connectivity index (χ2n) is 4.05. The maximum atomic E-state index is 8.55. The Kier molecular flexibility index (Phi) is 4.02. The summed E-state index contributed by atoms with van der Waals surface area (Å²) in [5, 5.41) is 15.7. The number of hydrogen-bond donors (Lipinski definition) is 2. The van der Waals surface area contributed by atoms with Crippen LogP contribution in [-0.2, 0) is 6.54 Å². The molecule has 0 aliphatic heterocycles. The minimum absolute atomic E-state index is 0.0821. The van der Waals surface area contributed by atoms with Gasteiger partial charge >= 0.3 is 0 Å². The molecule has 19 heavy (non-hydrogen) atoms. The van der Waals surface area contributed by atoms with E-state index in [0.717, 1.165) is 11.4 Å². The number of benzene rings is 1. The molecule has 0 saturated heterocycles. The van der Waals surface area contributed by atoms with Crippen molar-refractivity contribution in [1.29, 1.82) is 0 Å². The van der Waals surface area contributed by atoms with Gasteiger partial charge in [-0.3, -0.25) is 4.68 Å². The third-order valence-corrected chi connectivity index (χ3v) is 2.76. The predicted molar refractivity (Wildman–Crippen MR) is 71.4 cm³/mol. The van der Waals surface area contributed by atoms with Crippen LogP contribution in [0.25, 0.3) is 0 Å². The number of hydrogen-bond acceptors (Lipinski definition) is 4. The molecule has 100 valence electrons. The van der Waals surface area contributed by atoms with E-state index < -0.39 is 0 Å². The molecular weight excluding hydrogens is 244 g/mol. The van der Waals surface area contributed by atoms with Gasteiger partial charge in [0, 0.05) is 17.5 Å². The van der Waals surface area contributed by atoms with Crippen molar-refractivity contribution in [1.82, 2.24) is 9.78 Å². The third-order valence-electron chi connectivity index (χ3n) is 2.76. The first kappa shape index (κ1) is 12.9. The van der Waals surface area contributed by atoms with Crippen molar-refractivity contribution in [2.45, 2.75) is 13.5 Å². The van der Waals surface area contributed by atoms with Gasteiger partial charge in [-0.1, -0.05) is 5.16 Å². The molecule has 6 nitrogen and oxygen atoms in total. The van der Waals surface area contributed by atoms with E-state index in [4.69, 9.17) is 15.7 Å². The summed E-state index contributed by atoms with van der Waals surface area (Å²) in [6.45, 7) is 3.23. The monoisotopic (exact) mass is 260 g/mol. The van der Waals surface area contributed by atoms with Crippen LogP contribution in [0.15, 0.2) is 41.7 Å². The van der Waals surface area contributed by atoms with E-state index in [1.54, 1.807) is 30.5 Å². The van der Waals surface area contributed by atoms with Gasteiger partial charge in [-0.15, -0.1) is 0 Å². The highest BCUT2D eigenvalue weighted by Crippen LogP contribution is 2.12. The number of aryl methyl sites for hydroxylation is 1. The molecule has 0 aliphatic rings. The van der Waals surface area contributed by atoms with Gasteiger partial charge in [-0.05, 0) is 37.3 Å². The standard InChI is InChI=1S/C13H16N4O2/c1-10-6-7-15-17(10)8-9-19-12-4-2-11(3-5-12)13(14)16-18/h2-7,18H,8-9H2,1H3,(H2,14,16). The number of oxime groups is 1. The van der Waals surface area contributed by atoms with Crippen molar-refractivity contribution >= 4 is 5.84 Å². The molecule has 1 heterocycles. The normalized spacial score (nSPS) is 11.5. The van der Waals surface area contributed by atoms with E-state index in [1.165, 1.54) is 0 Å². The number of ether oxygens (including phenoxy) is 1. The van der Waals surface area contributed by atoms with Crippen molar-refractivity contribution in [2.24, 2.45) is 10.9 Å². The van der Waals surface area contributed by atoms with Gasteiger partial charge in [-0.2, -0.15) is 5.10 Å². The lowest BCUT2D eigenvalue weighted by atomic mass is 10.2. The summed E-state index contributed by atoms with van der Waals surface area (Å²) in [7, 11) is 0. The lowest BCUT2D eigenvalue weighted by Crippen LogP contribution is -2.13. The fourth-order valence-corrected chi connectivity index (χ4v) is 1.66. The number of rotatable bonds is 5. The highest BCUT2D eigenvalue weighted by atomic mass is 16.5. The Morgan fingerprint density at radius 3 is 2.68 bits per heavy atom. The average Bonchev–Trinajstić information content (AvgIpc) is 2.84. The predicted octanol–water partition coefficient (Wildman–Crippen LogP) is 1.37. The van der Waals surface area contributed by atoms with Crippen molar-refractivity contribution in [3.63, 3.8) is 0 Å². The summed E-state index contributed by atoms with van der Waals surface area (Å²) in [4.78, 5) is 0. The van der Waals surface area contributed by atoms with Crippen LogP contribution in [0.3, 0.4) is 0 Å². The Balaban J connectivity index is 1.88. The smallest absolute Gasteiger partial charge is 0.170 e. The van der Waals surface area contributed by atoms with Crippen LogP contribution in [0.1, 0.15) is 11.3 Å². The third kappa shape index (κ3) is 3.25. The molecule has 2 aromatic rings. The van der Waals surface area contributed by atoms with E-state index in [0.29, 0.717) is 18.7 Å². The van der Waals surface area contributed by atoms with Crippen LogP contribution in [0.4, 0.5) is 0 Å². The second-order valence-corrected chi connectivity index (χ2v) is 4.05. The lowest BCUT2D eigenvalue weighted by Gasteiger charge is -2.08. The molecule has 0 spiro atoms. The van der Waals surface area contributed by atoms with Gasteiger partial charge in [0.2, 0.25) is 0 Å². The topological polar surface area (TPSA) is 85.7 Å². The lowest BCUT2D eigenvalue weighted by molar-refractivity contribution is 0.290. The molecule has 1 aromatic heterocycles. The molecule has 0 saturated carbocycles. The first-order valence-electron chi connectivity index (χ1n) is 5.90.